The molecule has 0 amide bonds. The molecule has 0 aromatic rings. The second-order valence-electron chi connectivity index (χ2n) is 5.06. The van der Waals surface area contributed by atoms with Crippen molar-refractivity contribution in [1.29, 1.82) is 0 Å². The first kappa shape index (κ1) is 18.1. The van der Waals surface area contributed by atoms with Crippen LogP contribution < -0.4 is 34.7 Å². The van der Waals surface area contributed by atoms with E-state index in [-0.39, 0.29) is 35.3 Å². The Morgan fingerprint density at radius 1 is 1.12 bits per heavy atom. The molecule has 5 heteroatoms. The molecule has 0 unspecified atom stereocenters. The zero-order valence-corrected chi connectivity index (χ0v) is 12.7. The summed E-state index contributed by atoms with van der Waals surface area (Å²) in [7, 11) is 0. The van der Waals surface area contributed by atoms with Crippen molar-refractivity contribution >= 4 is 11.8 Å². The zero-order valence-electron chi connectivity index (χ0n) is 10.7. The molecule has 0 fully saturated rings. The number of carbonyl (C=O) groups excluding carboxylic acids is 2. The third-order valence-corrected chi connectivity index (χ3v) is 2.16. The van der Waals surface area contributed by atoms with Gasteiger partial charge in [0.1, 0.15) is 5.76 Å². The summed E-state index contributed by atoms with van der Waals surface area (Å²) in [5, 5.41) is 20.2. The number of aliphatic hydroxyl groups excluding tert-OH is 1. The molecular formula is C11H17NaO4. The molecule has 16 heavy (non-hydrogen) atoms. The number of rotatable bonds is 3. The first-order chi connectivity index (χ1) is 6.49. The number of carboxylic acid groups (broad SMARTS) is 1. The Balaban J connectivity index is 0. The minimum atomic E-state index is -1.54. The van der Waals surface area contributed by atoms with E-state index in [4.69, 9.17) is 0 Å². The van der Waals surface area contributed by atoms with Gasteiger partial charge in [-0.15, -0.1) is 0 Å². The predicted octanol–water partition coefficient (Wildman–Crippen LogP) is -2.18. The van der Waals surface area contributed by atoms with E-state index < -0.39 is 22.6 Å². The van der Waals surface area contributed by atoms with Gasteiger partial charge in [-0.3, -0.25) is 4.79 Å². The number of aliphatic hydroxyl groups is 1. The quantitative estimate of drug-likeness (QED) is 0.343. The van der Waals surface area contributed by atoms with Crippen molar-refractivity contribution < 1.29 is 49.4 Å². The van der Waals surface area contributed by atoms with Crippen LogP contribution in [0, 0.1) is 10.8 Å². The molecule has 4 nitrogen and oxygen atoms in total. The molecule has 0 saturated heterocycles. The molecule has 0 heterocycles. The SMILES string of the molecule is CC(C)(C)C(=O)/C=C(\O)C(C)(C)C(=O)[O-].[Na+]. The molecule has 0 aliphatic carbocycles. The van der Waals surface area contributed by atoms with Crippen LogP contribution in [-0.4, -0.2) is 16.9 Å². The fraction of sp³-hybridized carbons (Fsp3) is 0.636. The van der Waals surface area contributed by atoms with Crippen LogP contribution in [0.5, 0.6) is 0 Å². The summed E-state index contributed by atoms with van der Waals surface area (Å²) in [5.41, 5.74) is -2.18. The van der Waals surface area contributed by atoms with Crippen LogP contribution in [0.3, 0.4) is 0 Å². The van der Waals surface area contributed by atoms with Crippen LogP contribution in [0.25, 0.3) is 0 Å². The number of ketones is 1. The van der Waals surface area contributed by atoms with Crippen LogP contribution in [0.15, 0.2) is 11.8 Å². The molecular weight excluding hydrogens is 219 g/mol. The summed E-state index contributed by atoms with van der Waals surface area (Å²) >= 11 is 0. The zero-order chi connectivity index (χ0) is 12.4. The van der Waals surface area contributed by atoms with Crippen molar-refractivity contribution in [1.82, 2.24) is 0 Å². The molecule has 1 N–H and O–H groups in total. The van der Waals surface area contributed by atoms with Gasteiger partial charge in [0.05, 0.1) is 11.4 Å². The maximum Gasteiger partial charge on any atom is 1.00 e. The van der Waals surface area contributed by atoms with Crippen LogP contribution in [-0.2, 0) is 9.59 Å². The van der Waals surface area contributed by atoms with Crippen molar-refractivity contribution in [3.63, 3.8) is 0 Å². The van der Waals surface area contributed by atoms with Crippen LogP contribution in [0.1, 0.15) is 34.6 Å². The predicted molar refractivity (Wildman–Crippen MR) is 54.0 cm³/mol. The smallest absolute Gasteiger partial charge is 0.549 e. The number of carboxylic acids is 1. The van der Waals surface area contributed by atoms with Gasteiger partial charge in [0, 0.05) is 11.5 Å². The van der Waals surface area contributed by atoms with Gasteiger partial charge in [-0.2, -0.15) is 0 Å². The molecule has 0 radical (unpaired) electrons. The second-order valence-corrected chi connectivity index (χ2v) is 5.06. The van der Waals surface area contributed by atoms with Gasteiger partial charge in [0.15, 0.2) is 5.78 Å². The van der Waals surface area contributed by atoms with Crippen molar-refractivity contribution in [2.24, 2.45) is 10.8 Å². The molecule has 0 aliphatic rings. The summed E-state index contributed by atoms with van der Waals surface area (Å²) in [6.07, 6.45) is 0.954. The number of aliphatic carboxylic acids is 1. The van der Waals surface area contributed by atoms with Gasteiger partial charge < -0.3 is 15.0 Å². The number of hydrogen-bond acceptors (Lipinski definition) is 4. The Labute approximate surface area is 118 Å². The fourth-order valence-corrected chi connectivity index (χ4v) is 0.626. The van der Waals surface area contributed by atoms with Gasteiger partial charge in [-0.05, 0) is 13.8 Å². The van der Waals surface area contributed by atoms with Crippen LogP contribution in [0.4, 0.5) is 0 Å². The van der Waals surface area contributed by atoms with Crippen molar-refractivity contribution in [3.05, 3.63) is 11.8 Å². The Kier molecular flexibility index (Phi) is 6.60. The Bertz CT molecular complexity index is 310. The van der Waals surface area contributed by atoms with E-state index >= 15 is 0 Å². The average Bonchev–Trinajstić information content (AvgIpc) is 2.01. The van der Waals surface area contributed by atoms with Crippen molar-refractivity contribution in [2.45, 2.75) is 34.6 Å². The maximum atomic E-state index is 11.5. The van der Waals surface area contributed by atoms with Crippen molar-refractivity contribution in [2.75, 3.05) is 0 Å². The van der Waals surface area contributed by atoms with Crippen LogP contribution >= 0.6 is 0 Å². The topological polar surface area (TPSA) is 77.4 Å². The van der Waals surface area contributed by atoms with E-state index in [0.717, 1.165) is 6.08 Å². The summed E-state index contributed by atoms with van der Waals surface area (Å²) in [5.74, 6) is -2.23. The second kappa shape index (κ2) is 5.84. The molecule has 0 saturated carbocycles. The third kappa shape index (κ3) is 4.68. The largest absolute Gasteiger partial charge is 1.00 e. The summed E-state index contributed by atoms with van der Waals surface area (Å²) < 4.78 is 0. The molecule has 0 aliphatic heterocycles. The molecule has 0 rings (SSSR count). The molecule has 0 aromatic carbocycles. The first-order valence-corrected chi connectivity index (χ1v) is 4.66. The minimum Gasteiger partial charge on any atom is -0.549 e. The van der Waals surface area contributed by atoms with Gasteiger partial charge in [0.25, 0.3) is 0 Å². The third-order valence-electron chi connectivity index (χ3n) is 2.16. The van der Waals surface area contributed by atoms with Gasteiger partial charge >= 0.3 is 29.6 Å². The Morgan fingerprint density at radius 3 is 1.75 bits per heavy atom. The Morgan fingerprint density at radius 2 is 1.50 bits per heavy atom. The van der Waals surface area contributed by atoms with E-state index in [1.807, 2.05) is 0 Å². The molecule has 0 spiro atoms. The molecule has 0 atom stereocenters. The van der Waals surface area contributed by atoms with E-state index in [0.29, 0.717) is 0 Å². The summed E-state index contributed by atoms with van der Waals surface area (Å²) in [6, 6.07) is 0. The Hall–Kier alpha value is -0.320. The molecule has 86 valence electrons. The monoisotopic (exact) mass is 236 g/mol. The fourth-order valence-electron chi connectivity index (χ4n) is 0.626. The van der Waals surface area contributed by atoms with E-state index in [1.54, 1.807) is 20.8 Å². The molecule has 0 bridgehead atoms. The van der Waals surface area contributed by atoms with Crippen LogP contribution in [0.2, 0.25) is 0 Å². The number of hydrogen-bond donors (Lipinski definition) is 1. The van der Waals surface area contributed by atoms with E-state index in [9.17, 15) is 19.8 Å². The number of carbonyl (C=O) groups is 2. The standard InChI is InChI=1S/C11H18O4.Na/c1-10(2,3)7(12)6-8(13)11(4,5)9(14)15;/h6,13H,1-5H3,(H,14,15);/q;+1/p-1/b8-6-;. The van der Waals surface area contributed by atoms with Crippen molar-refractivity contribution in [3.8, 4) is 0 Å². The average molecular weight is 236 g/mol. The van der Waals surface area contributed by atoms with E-state index in [2.05, 4.69) is 0 Å². The maximum absolute atomic E-state index is 11.5. The normalized spacial score (nSPS) is 12.9. The molecule has 0 aromatic heterocycles. The van der Waals surface area contributed by atoms with E-state index in [1.165, 1.54) is 13.8 Å². The van der Waals surface area contributed by atoms with Gasteiger partial charge in [0.2, 0.25) is 0 Å². The van der Waals surface area contributed by atoms with Gasteiger partial charge in [-0.1, -0.05) is 20.8 Å². The first-order valence-electron chi connectivity index (χ1n) is 4.66. The summed E-state index contributed by atoms with van der Waals surface area (Å²) in [4.78, 5) is 22.2. The minimum absolute atomic E-state index is 0. The number of allylic oxidation sites excluding steroid dienone is 1. The summed E-state index contributed by atoms with van der Waals surface area (Å²) in [6.45, 7) is 7.62. The van der Waals surface area contributed by atoms with Gasteiger partial charge in [-0.25, -0.2) is 0 Å².